The number of hydrogen-bond acceptors (Lipinski definition) is 2. The molecular weight excluding hydrogens is 340 g/mol. The molecule has 0 saturated heterocycles. The smallest absolute Gasteiger partial charge is 0.0656 e. The molecule has 28 heavy (non-hydrogen) atoms. The number of para-hydroxylation sites is 1. The largest absolute Gasteiger partial charge is 0.398 e. The molecule has 0 aromatic heterocycles. The second-order valence-electron chi connectivity index (χ2n) is 7.92. The van der Waals surface area contributed by atoms with Gasteiger partial charge in [0.05, 0.1) is 6.04 Å². The molecule has 3 aromatic carbocycles. The van der Waals surface area contributed by atoms with Crippen molar-refractivity contribution in [3.8, 4) is 0 Å². The van der Waals surface area contributed by atoms with Gasteiger partial charge in [-0.1, -0.05) is 72.8 Å². The predicted molar refractivity (Wildman–Crippen MR) is 118 cm³/mol. The number of benzene rings is 3. The maximum atomic E-state index is 6.52. The molecule has 2 aliphatic rings. The standard InChI is InChI=1S/C26H24N2/c1-26-18-20(17-19-9-4-2-5-10-19)15-16-24(26)28(21-11-6-3-7-12-21)23-14-8-13-22(27)25(23)26/h2-16,18,24H,17,27H2,1H3. The summed E-state index contributed by atoms with van der Waals surface area (Å²) in [7, 11) is 0. The average Bonchev–Trinajstić information content (AvgIpc) is 2.98. The van der Waals surface area contributed by atoms with Crippen molar-refractivity contribution in [1.82, 2.24) is 0 Å². The molecule has 2 atom stereocenters. The van der Waals surface area contributed by atoms with E-state index in [0.29, 0.717) is 0 Å². The van der Waals surface area contributed by atoms with Crippen LogP contribution in [0.1, 0.15) is 18.1 Å². The number of rotatable bonds is 3. The highest BCUT2D eigenvalue weighted by atomic mass is 15.2. The van der Waals surface area contributed by atoms with Crippen LogP contribution in [0, 0.1) is 0 Å². The number of anilines is 3. The van der Waals surface area contributed by atoms with Gasteiger partial charge in [0.2, 0.25) is 0 Å². The van der Waals surface area contributed by atoms with Crippen LogP contribution in [0.25, 0.3) is 0 Å². The van der Waals surface area contributed by atoms with E-state index in [0.717, 1.165) is 12.1 Å². The molecule has 5 rings (SSSR count). The topological polar surface area (TPSA) is 29.3 Å². The summed E-state index contributed by atoms with van der Waals surface area (Å²) in [6.45, 7) is 2.32. The van der Waals surface area contributed by atoms with E-state index in [4.69, 9.17) is 5.73 Å². The molecular formula is C26H24N2. The quantitative estimate of drug-likeness (QED) is 0.596. The van der Waals surface area contributed by atoms with E-state index in [1.54, 1.807) is 0 Å². The summed E-state index contributed by atoms with van der Waals surface area (Å²) in [5.41, 5.74) is 13.6. The van der Waals surface area contributed by atoms with Crippen LogP contribution < -0.4 is 10.6 Å². The molecule has 2 unspecified atom stereocenters. The van der Waals surface area contributed by atoms with Crippen LogP contribution in [0.4, 0.5) is 17.1 Å². The summed E-state index contributed by atoms with van der Waals surface area (Å²) < 4.78 is 0. The Kier molecular flexibility index (Phi) is 3.87. The minimum Gasteiger partial charge on any atom is -0.398 e. The van der Waals surface area contributed by atoms with Crippen molar-refractivity contribution in [2.45, 2.75) is 24.8 Å². The summed E-state index contributed by atoms with van der Waals surface area (Å²) in [5, 5.41) is 0. The lowest BCUT2D eigenvalue weighted by molar-refractivity contribution is 0.546. The molecule has 0 spiro atoms. The second-order valence-corrected chi connectivity index (χ2v) is 7.92. The Morgan fingerprint density at radius 1 is 0.893 bits per heavy atom. The number of nitrogen functional groups attached to an aromatic ring is 1. The van der Waals surface area contributed by atoms with Crippen LogP contribution in [-0.2, 0) is 11.8 Å². The fourth-order valence-corrected chi connectivity index (χ4v) is 4.83. The Labute approximate surface area is 166 Å². The first-order valence-corrected chi connectivity index (χ1v) is 9.84. The molecule has 2 nitrogen and oxygen atoms in total. The number of fused-ring (bicyclic) bond motifs is 3. The lowest BCUT2D eigenvalue weighted by atomic mass is 9.73. The Bertz CT molecular complexity index is 1070. The van der Waals surface area contributed by atoms with Crippen molar-refractivity contribution in [3.63, 3.8) is 0 Å². The summed E-state index contributed by atoms with van der Waals surface area (Å²) >= 11 is 0. The van der Waals surface area contributed by atoms with Crippen LogP contribution in [-0.4, -0.2) is 6.04 Å². The monoisotopic (exact) mass is 364 g/mol. The SMILES string of the molecule is CC12C=C(Cc3ccccc3)C=CC1N(c1ccccc1)c1cccc(N)c12. The average molecular weight is 364 g/mol. The first-order chi connectivity index (χ1) is 13.7. The normalized spacial score (nSPS) is 22.5. The summed E-state index contributed by atoms with van der Waals surface area (Å²) in [5.74, 6) is 0. The van der Waals surface area contributed by atoms with Crippen molar-refractivity contribution in [2.75, 3.05) is 10.6 Å². The number of nitrogens with zero attached hydrogens (tertiary/aromatic N) is 1. The molecule has 1 aliphatic heterocycles. The van der Waals surface area contributed by atoms with Gasteiger partial charge in [-0.3, -0.25) is 0 Å². The molecule has 0 amide bonds. The van der Waals surface area contributed by atoms with E-state index in [9.17, 15) is 0 Å². The van der Waals surface area contributed by atoms with E-state index in [1.165, 1.54) is 28.1 Å². The fraction of sp³-hybridized carbons (Fsp3) is 0.154. The van der Waals surface area contributed by atoms with Gasteiger partial charge in [0, 0.05) is 28.0 Å². The highest BCUT2D eigenvalue weighted by Crippen LogP contribution is 2.54. The van der Waals surface area contributed by atoms with Gasteiger partial charge in [0.1, 0.15) is 0 Å². The van der Waals surface area contributed by atoms with E-state index in [1.807, 2.05) is 6.07 Å². The van der Waals surface area contributed by atoms with Gasteiger partial charge in [0.15, 0.2) is 0 Å². The van der Waals surface area contributed by atoms with Gasteiger partial charge in [-0.15, -0.1) is 0 Å². The first kappa shape index (κ1) is 16.9. The third-order valence-electron chi connectivity index (χ3n) is 6.03. The lowest BCUT2D eigenvalue weighted by Gasteiger charge is -2.36. The fourth-order valence-electron chi connectivity index (χ4n) is 4.83. The second kappa shape index (κ2) is 6.42. The maximum absolute atomic E-state index is 6.52. The van der Waals surface area contributed by atoms with E-state index in [-0.39, 0.29) is 11.5 Å². The van der Waals surface area contributed by atoms with Crippen molar-refractivity contribution in [1.29, 1.82) is 0 Å². The van der Waals surface area contributed by atoms with Gasteiger partial charge < -0.3 is 10.6 Å². The minimum atomic E-state index is -0.157. The summed E-state index contributed by atoms with van der Waals surface area (Å²) in [6.07, 6.45) is 8.01. The van der Waals surface area contributed by atoms with Gasteiger partial charge in [-0.2, -0.15) is 0 Å². The zero-order valence-electron chi connectivity index (χ0n) is 16.0. The predicted octanol–water partition coefficient (Wildman–Crippen LogP) is 5.79. The third kappa shape index (κ3) is 2.56. The van der Waals surface area contributed by atoms with Crippen LogP contribution in [0.15, 0.2) is 103 Å². The molecule has 0 bridgehead atoms. The molecule has 2 heteroatoms. The van der Waals surface area contributed by atoms with Gasteiger partial charge in [-0.25, -0.2) is 0 Å². The van der Waals surface area contributed by atoms with Crippen molar-refractivity contribution >= 4 is 17.1 Å². The Morgan fingerprint density at radius 2 is 1.61 bits per heavy atom. The Morgan fingerprint density at radius 3 is 2.36 bits per heavy atom. The van der Waals surface area contributed by atoms with Crippen LogP contribution in [0.2, 0.25) is 0 Å². The molecule has 138 valence electrons. The molecule has 0 fully saturated rings. The number of hydrogen-bond donors (Lipinski definition) is 1. The van der Waals surface area contributed by atoms with Crippen molar-refractivity contribution in [3.05, 3.63) is 114 Å². The minimum absolute atomic E-state index is 0.157. The van der Waals surface area contributed by atoms with Crippen LogP contribution in [0.3, 0.4) is 0 Å². The van der Waals surface area contributed by atoms with Crippen LogP contribution >= 0.6 is 0 Å². The summed E-state index contributed by atoms with van der Waals surface area (Å²) in [6, 6.07) is 27.8. The molecule has 3 aromatic rings. The zero-order chi connectivity index (χ0) is 19.1. The van der Waals surface area contributed by atoms with E-state index < -0.39 is 0 Å². The molecule has 1 heterocycles. The third-order valence-corrected chi connectivity index (χ3v) is 6.03. The number of allylic oxidation sites excluding steroid dienone is 2. The highest BCUT2D eigenvalue weighted by Gasteiger charge is 2.48. The van der Waals surface area contributed by atoms with Gasteiger partial charge in [-0.05, 0) is 48.7 Å². The lowest BCUT2D eigenvalue weighted by Crippen LogP contribution is -2.40. The molecule has 1 aliphatic carbocycles. The van der Waals surface area contributed by atoms with E-state index >= 15 is 0 Å². The molecule has 0 saturated carbocycles. The molecule has 2 N–H and O–H groups in total. The number of nitrogens with two attached hydrogens (primary N) is 1. The van der Waals surface area contributed by atoms with E-state index in [2.05, 4.69) is 103 Å². The van der Waals surface area contributed by atoms with Crippen LogP contribution in [0.5, 0.6) is 0 Å². The van der Waals surface area contributed by atoms with Crippen molar-refractivity contribution < 1.29 is 0 Å². The Hall–Kier alpha value is -3.26. The first-order valence-electron chi connectivity index (χ1n) is 9.84. The maximum Gasteiger partial charge on any atom is 0.0656 e. The summed E-state index contributed by atoms with van der Waals surface area (Å²) in [4.78, 5) is 2.43. The zero-order valence-corrected chi connectivity index (χ0v) is 16.0. The highest BCUT2D eigenvalue weighted by molar-refractivity contribution is 5.82. The van der Waals surface area contributed by atoms with Gasteiger partial charge >= 0.3 is 0 Å². The van der Waals surface area contributed by atoms with Crippen molar-refractivity contribution in [2.24, 2.45) is 0 Å². The molecule has 0 radical (unpaired) electrons. The van der Waals surface area contributed by atoms with Gasteiger partial charge in [0.25, 0.3) is 0 Å². The Balaban J connectivity index is 1.63.